The van der Waals surface area contributed by atoms with Gasteiger partial charge < -0.3 is 29.4 Å². The number of benzene rings is 2. The minimum Gasteiger partial charge on any atom is -0.467 e. The Hall–Kier alpha value is -6.19. The summed E-state index contributed by atoms with van der Waals surface area (Å²) in [7, 11) is 1.34. The number of methoxy groups -OCH3 is 1. The molecule has 2 atom stereocenters. The van der Waals surface area contributed by atoms with Gasteiger partial charge in [-0.3, -0.25) is 4.79 Å². The van der Waals surface area contributed by atoms with Crippen molar-refractivity contribution in [3.05, 3.63) is 72.2 Å². The summed E-state index contributed by atoms with van der Waals surface area (Å²) >= 11 is 0. The normalized spacial score (nSPS) is 14.2. The number of ether oxygens (including phenoxy) is 2. The van der Waals surface area contributed by atoms with Crippen LogP contribution in [0.1, 0.15) is 55.7 Å². The van der Waals surface area contributed by atoms with Gasteiger partial charge in [0.1, 0.15) is 17.0 Å². The van der Waals surface area contributed by atoms with Crippen LogP contribution in [-0.4, -0.2) is 119 Å². The first-order valence-electron chi connectivity index (χ1n) is 16.8. The maximum atomic E-state index is 14.0. The highest BCUT2D eigenvalue weighted by molar-refractivity contribution is 5.97. The second-order valence-electron chi connectivity index (χ2n) is 13.4. The number of piperazine rings is 1. The van der Waals surface area contributed by atoms with Crippen molar-refractivity contribution in [1.82, 2.24) is 44.8 Å². The Balaban J connectivity index is 0.00000175. The van der Waals surface area contributed by atoms with Gasteiger partial charge in [0.15, 0.2) is 6.04 Å². The number of aliphatic hydroxyl groups is 1. The first kappa shape index (κ1) is 38.1. The van der Waals surface area contributed by atoms with E-state index >= 15 is 0 Å². The predicted molar refractivity (Wildman–Crippen MR) is 188 cm³/mol. The highest BCUT2D eigenvalue weighted by Gasteiger charge is 2.29. The summed E-state index contributed by atoms with van der Waals surface area (Å²) in [6.45, 7) is 8.46. The lowest BCUT2D eigenvalue weighted by Crippen LogP contribution is -2.51. The van der Waals surface area contributed by atoms with E-state index < -0.39 is 23.7 Å². The highest BCUT2D eigenvalue weighted by atomic mass is 16.6. The Morgan fingerprint density at radius 3 is 2.11 bits per heavy atom. The van der Waals surface area contributed by atoms with Gasteiger partial charge in [-0.2, -0.15) is 9.59 Å². The van der Waals surface area contributed by atoms with Gasteiger partial charge in [-0.25, -0.2) is 19.0 Å². The smallest absolute Gasteiger partial charge is 0.410 e. The van der Waals surface area contributed by atoms with Crippen LogP contribution >= 0.6 is 0 Å². The number of aliphatic hydroxyl groups excluding tert-OH is 1. The lowest BCUT2D eigenvalue weighted by atomic mass is 10.0. The van der Waals surface area contributed by atoms with Crippen molar-refractivity contribution in [2.75, 3.05) is 39.9 Å². The minimum atomic E-state index is -0.800. The summed E-state index contributed by atoms with van der Waals surface area (Å²) in [5, 5.41) is 27.9. The van der Waals surface area contributed by atoms with Gasteiger partial charge in [0, 0.05) is 66.4 Å². The molecule has 4 heterocycles. The van der Waals surface area contributed by atoms with E-state index in [1.54, 1.807) is 39.0 Å². The third-order valence-electron chi connectivity index (χ3n) is 8.61. The molecule has 2 N–H and O–H groups in total. The molecule has 1 aliphatic rings. The molecule has 0 radical (unpaired) electrons. The van der Waals surface area contributed by atoms with Crippen molar-refractivity contribution >= 4 is 35.0 Å². The molecule has 1 aliphatic heterocycles. The van der Waals surface area contributed by atoms with Gasteiger partial charge in [-0.05, 0) is 57.5 Å². The van der Waals surface area contributed by atoms with Gasteiger partial charge >= 0.3 is 18.2 Å². The van der Waals surface area contributed by atoms with Crippen LogP contribution in [0.4, 0.5) is 4.79 Å². The summed E-state index contributed by atoms with van der Waals surface area (Å²) in [6, 6.07) is 12.0. The Kier molecular flexibility index (Phi) is 11.8. The van der Waals surface area contributed by atoms with Crippen LogP contribution in [0.25, 0.3) is 33.4 Å². The average Bonchev–Trinajstić information content (AvgIpc) is 3.93. The molecule has 2 aromatic carbocycles. The molecule has 2 amide bonds. The van der Waals surface area contributed by atoms with E-state index in [9.17, 15) is 19.5 Å². The summed E-state index contributed by atoms with van der Waals surface area (Å²) in [6.07, 6.45) is 5.39. The van der Waals surface area contributed by atoms with Gasteiger partial charge in [0.2, 0.25) is 0 Å². The molecule has 278 valence electrons. The zero-order valence-electron chi connectivity index (χ0n) is 30.1. The number of esters is 1. The molecule has 0 unspecified atom stereocenters. The molecule has 17 nitrogen and oxygen atoms in total. The lowest BCUT2D eigenvalue weighted by Gasteiger charge is -2.35. The predicted octanol–water partition coefficient (Wildman–Crippen LogP) is 3.30. The highest BCUT2D eigenvalue weighted by Crippen LogP contribution is 2.29. The molecule has 1 fully saturated rings. The van der Waals surface area contributed by atoms with Crippen LogP contribution in [0.15, 0.2) is 61.1 Å². The van der Waals surface area contributed by atoms with Crippen molar-refractivity contribution < 1.29 is 38.6 Å². The molecule has 53 heavy (non-hydrogen) atoms. The molecule has 0 bridgehead atoms. The van der Waals surface area contributed by atoms with E-state index in [1.807, 2.05) is 64.2 Å². The third-order valence-corrected chi connectivity index (χ3v) is 8.61. The Bertz CT molecular complexity index is 2100. The van der Waals surface area contributed by atoms with Crippen LogP contribution in [0.3, 0.4) is 0 Å². The van der Waals surface area contributed by atoms with Crippen molar-refractivity contribution in [2.45, 2.75) is 51.8 Å². The monoisotopic (exact) mass is 727 g/mol. The summed E-state index contributed by atoms with van der Waals surface area (Å²) in [5.41, 5.74) is 3.75. The quantitative estimate of drug-likeness (QED) is 0.210. The average molecular weight is 728 g/mol. The largest absolute Gasteiger partial charge is 0.467 e. The molecule has 6 rings (SSSR count). The fourth-order valence-electron chi connectivity index (χ4n) is 5.85. The number of hydrogen-bond acceptors (Lipinski definition) is 12. The maximum Gasteiger partial charge on any atom is 0.410 e. The number of nitrogens with zero attached hydrogens (tertiary/aromatic N) is 8. The fraction of sp³-hybridized carbons (Fsp3) is 0.389. The zero-order chi connectivity index (χ0) is 38.3. The molecule has 3 aromatic heterocycles. The lowest BCUT2D eigenvalue weighted by molar-refractivity contribution is -0.191. The van der Waals surface area contributed by atoms with Gasteiger partial charge in [0.05, 0.1) is 32.2 Å². The first-order valence-corrected chi connectivity index (χ1v) is 16.8. The number of amides is 2. The number of nitrogens with one attached hydrogen (secondary N) is 1. The summed E-state index contributed by atoms with van der Waals surface area (Å²) in [5.74, 6) is -0.705. The molecule has 1 saturated heterocycles. The number of carbonyl (C=O) groups excluding carboxylic acids is 5. The second kappa shape index (κ2) is 16.4. The standard InChI is InChI=1S/C35H41N9O6.CO2/c1-22(21-45)43-19-29(37-39-43)23-14-24(16-25(15-23)32(46)41-10-12-42(13-11-41)34(48)50-35(2,3)4)30-20-44(40-38-30)31(33(47)49-5)17-26-18-36-28-9-7-6-8-27(26)28;2-1-3/h6-9,14-16,18-20,22,31,36,45H,10-13,17,21H2,1-5H3;/t22-,31+;/m1./s1. The fourth-order valence-corrected chi connectivity index (χ4v) is 5.85. The summed E-state index contributed by atoms with van der Waals surface area (Å²) < 4.78 is 13.7. The van der Waals surface area contributed by atoms with E-state index in [0.29, 0.717) is 60.7 Å². The molecule has 0 saturated carbocycles. The number of carbonyl (C=O) groups is 3. The zero-order valence-corrected chi connectivity index (χ0v) is 30.1. The van der Waals surface area contributed by atoms with E-state index in [0.717, 1.165) is 16.5 Å². The van der Waals surface area contributed by atoms with Crippen LogP contribution < -0.4 is 0 Å². The number of fused-ring (bicyclic) bond motifs is 1. The SMILES string of the molecule is COC(=O)[C@H](Cc1c[nH]c2ccccc12)n1cc(-c2cc(C(=O)N3CCN(C(=O)OC(C)(C)C)CC3)cc(-c3cn([C@H](C)CO)nn3)c2)nn1.O=C=O. The van der Waals surface area contributed by atoms with Gasteiger partial charge in [-0.1, -0.05) is 28.6 Å². The van der Waals surface area contributed by atoms with Crippen LogP contribution in [0.2, 0.25) is 0 Å². The number of aromatic nitrogens is 7. The van der Waals surface area contributed by atoms with E-state index in [4.69, 9.17) is 19.1 Å². The number of rotatable bonds is 9. The molecule has 5 aromatic rings. The number of aromatic amines is 1. The second-order valence-corrected chi connectivity index (χ2v) is 13.4. The van der Waals surface area contributed by atoms with Gasteiger partial charge in [-0.15, -0.1) is 10.2 Å². The number of para-hydroxylation sites is 1. The topological polar surface area (TPSA) is 208 Å². The van der Waals surface area contributed by atoms with Gasteiger partial charge in [0.25, 0.3) is 5.91 Å². The maximum absolute atomic E-state index is 14.0. The van der Waals surface area contributed by atoms with Crippen LogP contribution in [0, 0.1) is 0 Å². The van der Waals surface area contributed by atoms with Crippen LogP contribution in [0.5, 0.6) is 0 Å². The van der Waals surface area contributed by atoms with E-state index in [-0.39, 0.29) is 24.7 Å². The number of hydrogen-bond donors (Lipinski definition) is 2. The first-order chi connectivity index (χ1) is 25.3. The molecule has 0 spiro atoms. The number of H-pyrrole nitrogens is 1. The van der Waals surface area contributed by atoms with Crippen molar-refractivity contribution in [3.63, 3.8) is 0 Å². The Morgan fingerprint density at radius 2 is 1.51 bits per heavy atom. The Morgan fingerprint density at radius 1 is 0.925 bits per heavy atom. The molecular formula is C36H41N9O8. The summed E-state index contributed by atoms with van der Waals surface area (Å²) in [4.78, 5) is 62.4. The van der Waals surface area contributed by atoms with E-state index in [1.165, 1.54) is 11.8 Å². The molecular weight excluding hydrogens is 686 g/mol. The molecule has 17 heteroatoms. The Labute approximate surface area is 304 Å². The van der Waals surface area contributed by atoms with Crippen molar-refractivity contribution in [3.8, 4) is 22.5 Å². The minimum absolute atomic E-state index is 0.120. The third kappa shape index (κ3) is 9.01. The van der Waals surface area contributed by atoms with Crippen LogP contribution in [-0.2, 0) is 30.3 Å². The van der Waals surface area contributed by atoms with Crippen molar-refractivity contribution in [2.24, 2.45) is 0 Å². The van der Waals surface area contributed by atoms with E-state index in [2.05, 4.69) is 25.6 Å². The van der Waals surface area contributed by atoms with Crippen molar-refractivity contribution in [1.29, 1.82) is 0 Å². The molecule has 0 aliphatic carbocycles.